The number of pyridine rings is 1. The first-order chi connectivity index (χ1) is 37.0. The first-order valence-corrected chi connectivity index (χ1v) is 27.9. The number of carbonyl (C=O) groups is 4. The highest BCUT2D eigenvalue weighted by Crippen LogP contribution is 2.42. The lowest BCUT2D eigenvalue weighted by atomic mass is 9.69. The van der Waals surface area contributed by atoms with Crippen molar-refractivity contribution in [2.75, 3.05) is 38.2 Å². The van der Waals surface area contributed by atoms with Gasteiger partial charge in [-0.2, -0.15) is 0 Å². The van der Waals surface area contributed by atoms with E-state index in [9.17, 15) is 28.7 Å². The SMILES string of the molecule is Cc1ncsc1-c1ccc(CNC(=O)[C@@H]2C[C@@H](O)CN2C(=O)[C@@H](NC(=O)CCNCCOCCn2cc(CNC(=O)[C@]3(Cc4cccc(Nc5nccs5)n4)CC[C@@H](Oc4cccc(Cl)c4F)CC3)nn2)C(C)(C)C)cc1. The number of aryl methyl sites for hydroxylation is 1. The molecule has 4 aromatic heterocycles. The predicted molar refractivity (Wildman–Crippen MR) is 292 cm³/mol. The first-order valence-electron chi connectivity index (χ1n) is 25.8. The second-order valence-electron chi connectivity index (χ2n) is 20.5. The summed E-state index contributed by atoms with van der Waals surface area (Å²) < 4.78 is 28.2. The smallest absolute Gasteiger partial charge is 0.246 e. The van der Waals surface area contributed by atoms with E-state index >= 15 is 0 Å². The molecule has 19 nitrogen and oxygen atoms in total. The average molecular weight is 1110 g/mol. The van der Waals surface area contributed by atoms with Gasteiger partial charge in [-0.1, -0.05) is 74.0 Å². The Labute approximate surface area is 460 Å². The maximum atomic E-state index is 14.7. The van der Waals surface area contributed by atoms with Gasteiger partial charge < -0.3 is 46.1 Å². The number of β-amino-alcohol motifs (C(OH)–C–C–N with tert-alkyl or cyclic N) is 1. The van der Waals surface area contributed by atoms with E-state index in [0.29, 0.717) is 81.6 Å². The maximum absolute atomic E-state index is 14.7. The van der Waals surface area contributed by atoms with E-state index in [4.69, 9.17) is 26.1 Å². The highest BCUT2D eigenvalue weighted by Gasteiger charge is 2.45. The lowest BCUT2D eigenvalue weighted by molar-refractivity contribution is -0.144. The van der Waals surface area contributed by atoms with Gasteiger partial charge in [-0.3, -0.25) is 19.2 Å². The number of amides is 4. The number of carbonyl (C=O) groups excluding carboxylic acids is 4. The largest absolute Gasteiger partial charge is 0.487 e. The van der Waals surface area contributed by atoms with Crippen LogP contribution in [0.3, 0.4) is 0 Å². The number of ether oxygens (including phenoxy) is 2. The van der Waals surface area contributed by atoms with Crippen molar-refractivity contribution in [3.63, 3.8) is 0 Å². The number of aliphatic hydroxyl groups is 1. The molecule has 0 spiro atoms. The Bertz CT molecular complexity index is 2930. The Morgan fingerprint density at radius 2 is 1.75 bits per heavy atom. The van der Waals surface area contributed by atoms with Gasteiger partial charge >= 0.3 is 0 Å². The molecule has 2 aromatic carbocycles. The summed E-state index contributed by atoms with van der Waals surface area (Å²) in [5.41, 5.74) is 4.51. The molecule has 0 unspecified atom stereocenters. The van der Waals surface area contributed by atoms with Gasteiger partial charge in [0.1, 0.15) is 23.6 Å². The van der Waals surface area contributed by atoms with Crippen molar-refractivity contribution in [2.45, 2.75) is 117 Å². The van der Waals surface area contributed by atoms with Gasteiger partial charge in [0, 0.05) is 62.7 Å². The molecule has 8 rings (SSSR count). The van der Waals surface area contributed by atoms with Crippen molar-refractivity contribution in [1.82, 2.24) is 56.1 Å². The number of nitrogens with zero attached hydrogens (tertiary/aromatic N) is 7. The van der Waals surface area contributed by atoms with Gasteiger partial charge in [0.25, 0.3) is 0 Å². The molecular formula is C54H66ClFN12O7S2. The number of hydrogen-bond acceptors (Lipinski definition) is 16. The van der Waals surface area contributed by atoms with Crippen LogP contribution in [0.2, 0.25) is 5.02 Å². The molecule has 23 heteroatoms. The Balaban J connectivity index is 0.747. The summed E-state index contributed by atoms with van der Waals surface area (Å²) >= 11 is 9.04. The number of aliphatic hydroxyl groups excluding tert-OH is 1. The molecular weight excluding hydrogens is 1050 g/mol. The Kier molecular flexibility index (Phi) is 19.4. The van der Waals surface area contributed by atoms with E-state index in [1.165, 1.54) is 22.3 Å². The number of anilines is 2. The van der Waals surface area contributed by atoms with Crippen LogP contribution >= 0.6 is 34.3 Å². The van der Waals surface area contributed by atoms with Gasteiger partial charge in [-0.15, -0.1) is 27.8 Å². The quantitative estimate of drug-likeness (QED) is 0.0343. The number of benzene rings is 2. The third kappa shape index (κ3) is 15.4. The summed E-state index contributed by atoms with van der Waals surface area (Å²) in [5, 5.41) is 37.0. The number of aromatic nitrogens is 6. The standard InChI is InChI=1S/C54H66ClFN12O7S2/c1-34-47(77-33-61-34)36-13-11-35(12-14-36)29-59-49(71)42-27-39(69)32-68(42)50(72)48(53(2,3)4)64-45(70)17-20-57-21-24-74-25-23-67-31-38(65-66-67)30-60-51(73)54(28-37-7-5-10-44(62-37)63-52-58-22-26-76-52)18-15-40(16-19-54)75-43-9-6-8-41(55)46(43)56/h5-14,22,26,31,33,39-40,42,48,57,69H,15-21,23-25,27-30,32H2,1-4H3,(H,59,71)(H,60,73)(H,64,70)(H,58,62,63)/t39-,40-,42+,48-,54-/m1/s1. The number of rotatable bonds is 24. The van der Waals surface area contributed by atoms with E-state index in [1.54, 1.807) is 40.5 Å². The molecule has 0 bridgehead atoms. The van der Waals surface area contributed by atoms with Crippen LogP contribution in [-0.2, 0) is 50.0 Å². The van der Waals surface area contributed by atoms with Crippen molar-refractivity contribution in [2.24, 2.45) is 10.8 Å². The molecule has 3 atom stereocenters. The molecule has 1 saturated heterocycles. The third-order valence-electron chi connectivity index (χ3n) is 13.7. The van der Waals surface area contributed by atoms with Crippen molar-refractivity contribution < 1.29 is 38.1 Å². The lowest BCUT2D eigenvalue weighted by Crippen LogP contribution is -2.57. The predicted octanol–water partition coefficient (Wildman–Crippen LogP) is 6.77. The van der Waals surface area contributed by atoms with Gasteiger partial charge in [-0.05, 0) is 73.4 Å². The van der Waals surface area contributed by atoms with E-state index in [2.05, 4.69) is 46.9 Å². The zero-order valence-corrected chi connectivity index (χ0v) is 46.0. The molecule has 1 saturated carbocycles. The monoisotopic (exact) mass is 1110 g/mol. The minimum Gasteiger partial charge on any atom is -0.487 e. The number of hydrogen-bond donors (Lipinski definition) is 6. The summed E-state index contributed by atoms with van der Waals surface area (Å²) in [7, 11) is 0. The molecule has 2 fully saturated rings. The number of likely N-dealkylation sites (tertiary alicyclic amines) is 1. The molecule has 2 aliphatic rings. The van der Waals surface area contributed by atoms with E-state index < -0.39 is 40.7 Å². The Morgan fingerprint density at radius 3 is 2.49 bits per heavy atom. The van der Waals surface area contributed by atoms with Crippen molar-refractivity contribution in [1.29, 1.82) is 0 Å². The van der Waals surface area contributed by atoms with Crippen LogP contribution in [0.25, 0.3) is 10.4 Å². The molecule has 6 aromatic rings. The fraction of sp³-hybridized carbons (Fsp3) is 0.463. The summed E-state index contributed by atoms with van der Waals surface area (Å²) in [5.74, 6) is -1.16. The fourth-order valence-electron chi connectivity index (χ4n) is 9.52. The second-order valence-corrected chi connectivity index (χ2v) is 22.7. The van der Waals surface area contributed by atoms with Crippen molar-refractivity contribution >= 4 is 68.9 Å². The Hall–Kier alpha value is -6.43. The summed E-state index contributed by atoms with van der Waals surface area (Å²) in [6.07, 6.45) is 4.84. The number of thiazole rings is 2. The van der Waals surface area contributed by atoms with E-state index in [1.807, 2.05) is 81.1 Å². The molecule has 1 aliphatic heterocycles. The highest BCUT2D eigenvalue weighted by molar-refractivity contribution is 7.13. The minimum absolute atomic E-state index is 0.0132. The minimum atomic E-state index is -0.933. The van der Waals surface area contributed by atoms with Gasteiger partial charge in [-0.25, -0.2) is 24.0 Å². The molecule has 5 heterocycles. The lowest BCUT2D eigenvalue weighted by Gasteiger charge is -2.39. The van der Waals surface area contributed by atoms with Crippen LogP contribution in [0.15, 0.2) is 83.9 Å². The van der Waals surface area contributed by atoms with Crippen LogP contribution in [0.4, 0.5) is 15.3 Å². The Morgan fingerprint density at radius 1 is 0.961 bits per heavy atom. The van der Waals surface area contributed by atoms with Crippen LogP contribution in [0.1, 0.15) is 81.9 Å². The topological polar surface area (TPSA) is 240 Å². The first kappa shape index (κ1) is 56.8. The third-order valence-corrected chi connectivity index (χ3v) is 15.7. The maximum Gasteiger partial charge on any atom is 0.246 e. The van der Waals surface area contributed by atoms with Gasteiger partial charge in [0.15, 0.2) is 16.7 Å². The normalized spacial score (nSPS) is 18.9. The summed E-state index contributed by atoms with van der Waals surface area (Å²) in [6.45, 7) is 9.83. The molecule has 1 aliphatic carbocycles. The van der Waals surface area contributed by atoms with E-state index in [-0.39, 0.29) is 67.1 Å². The number of halogens is 2. The summed E-state index contributed by atoms with van der Waals surface area (Å²) in [4.78, 5) is 70.9. The zero-order valence-electron chi connectivity index (χ0n) is 43.6. The van der Waals surface area contributed by atoms with Crippen LogP contribution < -0.4 is 31.3 Å². The van der Waals surface area contributed by atoms with Crippen LogP contribution in [0, 0.1) is 23.6 Å². The van der Waals surface area contributed by atoms with Crippen molar-refractivity contribution in [3.05, 3.63) is 117 Å². The van der Waals surface area contributed by atoms with Gasteiger partial charge in [0.2, 0.25) is 23.6 Å². The fourth-order valence-corrected chi connectivity index (χ4v) is 11.0. The summed E-state index contributed by atoms with van der Waals surface area (Å²) in [6, 6.07) is 16.4. The van der Waals surface area contributed by atoms with E-state index in [0.717, 1.165) is 27.4 Å². The molecule has 4 amide bonds. The molecule has 410 valence electrons. The van der Waals surface area contributed by atoms with Crippen LogP contribution in [0.5, 0.6) is 5.75 Å². The second kappa shape index (κ2) is 26.3. The highest BCUT2D eigenvalue weighted by atomic mass is 35.5. The average Bonchev–Trinajstić information content (AvgIpc) is 4.27. The molecule has 77 heavy (non-hydrogen) atoms. The van der Waals surface area contributed by atoms with Crippen LogP contribution in [-0.4, -0.2) is 121 Å². The van der Waals surface area contributed by atoms with Crippen molar-refractivity contribution in [3.8, 4) is 16.2 Å². The molecule has 0 radical (unpaired) electrons. The molecule has 6 N–H and O–H groups in total. The van der Waals surface area contributed by atoms with Gasteiger partial charge in [0.05, 0.1) is 71.2 Å². The number of nitrogens with one attached hydrogen (secondary N) is 5. The zero-order chi connectivity index (χ0) is 54.5.